The number of methoxy groups -OCH3 is 1. The van der Waals surface area contributed by atoms with Crippen molar-refractivity contribution in [1.82, 2.24) is 5.32 Å². The molecule has 0 heterocycles. The molecule has 1 rings (SSSR count). The first-order chi connectivity index (χ1) is 12.2. The van der Waals surface area contributed by atoms with Crippen LogP contribution in [0.3, 0.4) is 0 Å². The van der Waals surface area contributed by atoms with Gasteiger partial charge in [-0.25, -0.2) is 4.79 Å². The highest BCUT2D eigenvalue weighted by molar-refractivity contribution is 5.89. The molecule has 0 saturated heterocycles. The van der Waals surface area contributed by atoms with E-state index in [-0.39, 0.29) is 12.3 Å². The van der Waals surface area contributed by atoms with E-state index in [2.05, 4.69) is 16.1 Å². The Bertz CT molecular complexity index is 432. The van der Waals surface area contributed by atoms with E-state index < -0.39 is 17.7 Å². The lowest BCUT2D eigenvalue weighted by Crippen LogP contribution is -2.35. The molecule has 0 bridgehead atoms. The molecule has 0 aromatic heterocycles. The van der Waals surface area contributed by atoms with Gasteiger partial charge in [0.1, 0.15) is 12.1 Å². The Morgan fingerprint density at radius 2 is 1.65 bits per heavy atom. The first kappa shape index (κ1) is 26.4. The molecule has 1 saturated carbocycles. The molecule has 1 N–H and O–H groups in total. The molecule has 0 aromatic rings. The number of nitrogens with one attached hydrogen (secondary N) is 1. The van der Waals surface area contributed by atoms with E-state index >= 15 is 0 Å². The molecule has 0 atom stereocenters. The molecule has 0 radical (unpaired) electrons. The molecule has 1 aliphatic carbocycles. The van der Waals surface area contributed by atoms with Gasteiger partial charge in [0.15, 0.2) is 5.78 Å². The summed E-state index contributed by atoms with van der Waals surface area (Å²) in [6, 6.07) is 0. The van der Waals surface area contributed by atoms with E-state index in [0.717, 1.165) is 0 Å². The lowest BCUT2D eigenvalue weighted by atomic mass is 10.1. The average Bonchev–Trinajstić information content (AvgIpc) is 3.12. The van der Waals surface area contributed by atoms with Gasteiger partial charge in [-0.15, -0.1) is 0 Å². The van der Waals surface area contributed by atoms with Gasteiger partial charge in [-0.3, -0.25) is 9.59 Å². The monoisotopic (exact) mass is 371 g/mol. The Labute approximate surface area is 158 Å². The number of ether oxygens (including phenoxy) is 2. The van der Waals surface area contributed by atoms with Crippen molar-refractivity contribution in [1.29, 1.82) is 0 Å². The van der Waals surface area contributed by atoms with Crippen molar-refractivity contribution in [2.24, 2.45) is 5.92 Å². The van der Waals surface area contributed by atoms with Crippen molar-refractivity contribution in [3.8, 4) is 0 Å². The SMILES string of the molecule is CC.CCC(=O)/C=C/C1CCCC1.COC(=O)CNC(=O)OC(C)(C)C. The Balaban J connectivity index is 0. The lowest BCUT2D eigenvalue weighted by molar-refractivity contribution is -0.139. The molecule has 6 heteroatoms. The fraction of sp³-hybridized carbons (Fsp3) is 0.750. The van der Waals surface area contributed by atoms with Crippen molar-refractivity contribution in [2.75, 3.05) is 13.7 Å². The van der Waals surface area contributed by atoms with E-state index in [0.29, 0.717) is 12.3 Å². The molecule has 0 unspecified atom stereocenters. The van der Waals surface area contributed by atoms with E-state index in [1.807, 2.05) is 20.8 Å². The smallest absolute Gasteiger partial charge is 0.408 e. The fourth-order valence-corrected chi connectivity index (χ4v) is 2.04. The van der Waals surface area contributed by atoms with Crippen LogP contribution in [0.1, 0.15) is 73.6 Å². The Kier molecular flexibility index (Phi) is 15.6. The molecular formula is C20H37NO5. The zero-order valence-electron chi connectivity index (χ0n) is 17.5. The fourth-order valence-electron chi connectivity index (χ4n) is 2.04. The molecule has 26 heavy (non-hydrogen) atoms. The van der Waals surface area contributed by atoms with E-state index in [1.165, 1.54) is 32.8 Å². The second-order valence-corrected chi connectivity index (χ2v) is 6.66. The van der Waals surface area contributed by atoms with E-state index in [1.54, 1.807) is 26.8 Å². The summed E-state index contributed by atoms with van der Waals surface area (Å²) < 4.78 is 9.20. The van der Waals surface area contributed by atoms with E-state index in [4.69, 9.17) is 4.74 Å². The second-order valence-electron chi connectivity index (χ2n) is 6.66. The summed E-state index contributed by atoms with van der Waals surface area (Å²) >= 11 is 0. The summed E-state index contributed by atoms with van der Waals surface area (Å²) in [6.07, 6.45) is 9.13. The Morgan fingerprint density at radius 3 is 2.08 bits per heavy atom. The van der Waals surface area contributed by atoms with Gasteiger partial charge in [0.25, 0.3) is 0 Å². The molecule has 152 valence electrons. The summed E-state index contributed by atoms with van der Waals surface area (Å²) in [7, 11) is 1.25. The minimum Gasteiger partial charge on any atom is -0.468 e. The van der Waals surface area contributed by atoms with Crippen molar-refractivity contribution in [3.05, 3.63) is 12.2 Å². The second kappa shape index (κ2) is 15.4. The van der Waals surface area contributed by atoms with Crippen LogP contribution in [0.2, 0.25) is 0 Å². The molecule has 1 aliphatic rings. The van der Waals surface area contributed by atoms with Crippen LogP contribution in [0, 0.1) is 5.92 Å². The predicted octanol–water partition coefficient (Wildman–Crippen LogP) is 4.42. The number of allylic oxidation sites excluding steroid dienone is 2. The quantitative estimate of drug-likeness (QED) is 0.571. The van der Waals surface area contributed by atoms with Gasteiger partial charge in [0, 0.05) is 6.42 Å². The van der Waals surface area contributed by atoms with Crippen LogP contribution in [0.15, 0.2) is 12.2 Å². The molecular weight excluding hydrogens is 334 g/mol. The minimum absolute atomic E-state index is 0.175. The third-order valence-electron chi connectivity index (χ3n) is 3.31. The first-order valence-corrected chi connectivity index (χ1v) is 9.42. The number of hydrogen-bond acceptors (Lipinski definition) is 5. The highest BCUT2D eigenvalue weighted by Gasteiger charge is 2.16. The lowest BCUT2D eigenvalue weighted by Gasteiger charge is -2.19. The highest BCUT2D eigenvalue weighted by atomic mass is 16.6. The minimum atomic E-state index is -0.627. The Hall–Kier alpha value is -1.85. The number of carbonyl (C=O) groups is 3. The van der Waals surface area contributed by atoms with Gasteiger partial charge >= 0.3 is 12.1 Å². The van der Waals surface area contributed by atoms with Crippen molar-refractivity contribution >= 4 is 17.8 Å². The van der Waals surface area contributed by atoms with Crippen LogP contribution >= 0.6 is 0 Å². The molecule has 1 amide bonds. The maximum absolute atomic E-state index is 10.9. The van der Waals surface area contributed by atoms with Crippen molar-refractivity contribution in [3.63, 3.8) is 0 Å². The molecule has 0 aliphatic heterocycles. The number of rotatable bonds is 5. The number of amides is 1. The predicted molar refractivity (Wildman–Crippen MR) is 104 cm³/mol. The summed E-state index contributed by atoms with van der Waals surface area (Å²) in [4.78, 5) is 32.4. The number of hydrogen-bond donors (Lipinski definition) is 1. The normalized spacial score (nSPS) is 13.8. The molecule has 6 nitrogen and oxygen atoms in total. The maximum atomic E-state index is 10.9. The molecule has 0 aromatic carbocycles. The standard InChI is InChI=1S/C10H16O.C8H15NO4.C2H6/c1-2-10(11)8-7-9-5-3-4-6-9;1-8(2,3)13-7(11)9-5-6(10)12-4;1-2/h7-9H,2-6H2,1H3;5H2,1-4H3,(H,9,11);1-2H3/b8-7+;;. The summed E-state index contributed by atoms with van der Waals surface area (Å²) in [5, 5.41) is 2.25. The third-order valence-corrected chi connectivity index (χ3v) is 3.31. The zero-order valence-corrected chi connectivity index (χ0v) is 17.5. The van der Waals surface area contributed by atoms with Crippen LogP contribution in [-0.2, 0) is 19.1 Å². The van der Waals surface area contributed by atoms with Crippen LogP contribution in [0.4, 0.5) is 4.79 Å². The first-order valence-electron chi connectivity index (χ1n) is 9.42. The summed E-state index contributed by atoms with van der Waals surface area (Å²) in [6.45, 7) is 11.0. The maximum Gasteiger partial charge on any atom is 0.408 e. The van der Waals surface area contributed by atoms with Gasteiger partial charge in [0.2, 0.25) is 0 Å². The van der Waals surface area contributed by atoms with E-state index in [9.17, 15) is 14.4 Å². The zero-order chi connectivity index (χ0) is 20.6. The number of ketones is 1. The van der Waals surface area contributed by atoms with Crippen LogP contribution in [-0.4, -0.2) is 37.1 Å². The van der Waals surface area contributed by atoms with Crippen molar-refractivity contribution < 1.29 is 23.9 Å². The van der Waals surface area contributed by atoms with Gasteiger partial charge in [0.05, 0.1) is 7.11 Å². The molecule has 1 fully saturated rings. The van der Waals surface area contributed by atoms with Gasteiger partial charge < -0.3 is 14.8 Å². The topological polar surface area (TPSA) is 81.7 Å². The third kappa shape index (κ3) is 17.0. The van der Waals surface area contributed by atoms with Gasteiger partial charge in [-0.2, -0.15) is 0 Å². The molecule has 0 spiro atoms. The van der Waals surface area contributed by atoms with Crippen molar-refractivity contribution in [2.45, 2.75) is 79.2 Å². The summed E-state index contributed by atoms with van der Waals surface area (Å²) in [5.74, 6) is 0.452. The van der Waals surface area contributed by atoms with Gasteiger partial charge in [-0.1, -0.05) is 39.7 Å². The van der Waals surface area contributed by atoms with Crippen LogP contribution < -0.4 is 5.32 Å². The number of carbonyl (C=O) groups excluding carboxylic acids is 3. The number of esters is 1. The number of alkyl carbamates (subject to hydrolysis) is 1. The average molecular weight is 372 g/mol. The largest absolute Gasteiger partial charge is 0.468 e. The van der Waals surface area contributed by atoms with Crippen LogP contribution in [0.25, 0.3) is 0 Å². The Morgan fingerprint density at radius 1 is 1.12 bits per heavy atom. The highest BCUT2D eigenvalue weighted by Crippen LogP contribution is 2.25. The van der Waals surface area contributed by atoms with Crippen LogP contribution in [0.5, 0.6) is 0 Å². The van der Waals surface area contributed by atoms with Gasteiger partial charge in [-0.05, 0) is 45.6 Å². The summed E-state index contributed by atoms with van der Waals surface area (Å²) in [5.41, 5.74) is -0.555.